The Kier molecular flexibility index (Phi) is 5.25. The van der Waals surface area contributed by atoms with E-state index in [1.165, 1.54) is 0 Å². The highest BCUT2D eigenvalue weighted by molar-refractivity contribution is 5.53. The second-order valence-electron chi connectivity index (χ2n) is 6.95. The fourth-order valence-corrected chi connectivity index (χ4v) is 3.63. The average Bonchev–Trinajstić information content (AvgIpc) is 3.18. The Bertz CT molecular complexity index is 992. The van der Waals surface area contributed by atoms with Crippen molar-refractivity contribution in [3.8, 4) is 11.4 Å². The van der Waals surface area contributed by atoms with E-state index in [1.807, 2.05) is 24.3 Å². The van der Waals surface area contributed by atoms with Gasteiger partial charge in [-0.05, 0) is 32.0 Å². The molecule has 1 aliphatic heterocycles. The van der Waals surface area contributed by atoms with Crippen LogP contribution in [0, 0.1) is 0 Å². The maximum absolute atomic E-state index is 12.7. The Hall–Kier alpha value is -2.93. The standard InChI is InChI=1S/C21H25N5O2/c1-3-26(4-2)19-8-7-16(28-19)13-25-11-9-18-17(14-25)21(27)24-20(23-18)15-6-5-10-22-12-15/h5-8,10,12H,3-4,9,11,13-14H2,1-2H3,(H,23,24,27). The molecule has 3 aromatic heterocycles. The summed E-state index contributed by atoms with van der Waals surface area (Å²) in [7, 11) is 0. The zero-order valence-corrected chi connectivity index (χ0v) is 16.3. The lowest BCUT2D eigenvalue weighted by molar-refractivity contribution is 0.223. The molecule has 0 saturated heterocycles. The van der Waals surface area contributed by atoms with Crippen molar-refractivity contribution in [3.05, 3.63) is 64.0 Å². The summed E-state index contributed by atoms with van der Waals surface area (Å²) in [5.74, 6) is 2.40. The fourth-order valence-electron chi connectivity index (χ4n) is 3.63. The van der Waals surface area contributed by atoms with Gasteiger partial charge in [-0.15, -0.1) is 0 Å². The number of fused-ring (bicyclic) bond motifs is 1. The molecular weight excluding hydrogens is 354 g/mol. The predicted octanol–water partition coefficient (Wildman–Crippen LogP) is 2.83. The Morgan fingerprint density at radius 1 is 1.25 bits per heavy atom. The summed E-state index contributed by atoms with van der Waals surface area (Å²) in [4.78, 5) is 28.8. The predicted molar refractivity (Wildman–Crippen MR) is 108 cm³/mol. The normalized spacial score (nSPS) is 14.1. The molecule has 0 spiro atoms. The van der Waals surface area contributed by atoms with Gasteiger partial charge in [-0.1, -0.05) is 0 Å². The van der Waals surface area contributed by atoms with Crippen LogP contribution in [0.1, 0.15) is 30.9 Å². The Morgan fingerprint density at radius 2 is 2.11 bits per heavy atom. The van der Waals surface area contributed by atoms with Crippen molar-refractivity contribution >= 4 is 5.88 Å². The molecule has 146 valence electrons. The summed E-state index contributed by atoms with van der Waals surface area (Å²) in [5, 5.41) is 0. The van der Waals surface area contributed by atoms with Crippen LogP contribution in [0.4, 0.5) is 5.88 Å². The molecule has 4 rings (SSSR count). The molecule has 28 heavy (non-hydrogen) atoms. The van der Waals surface area contributed by atoms with Crippen molar-refractivity contribution in [3.63, 3.8) is 0 Å². The van der Waals surface area contributed by atoms with Crippen molar-refractivity contribution in [2.24, 2.45) is 0 Å². The number of aromatic amines is 1. The topological polar surface area (TPSA) is 78.3 Å². The molecule has 0 amide bonds. The summed E-state index contributed by atoms with van der Waals surface area (Å²) < 4.78 is 6.00. The average molecular weight is 379 g/mol. The van der Waals surface area contributed by atoms with E-state index < -0.39 is 0 Å². The van der Waals surface area contributed by atoms with Gasteiger partial charge in [0, 0.05) is 56.6 Å². The minimum absolute atomic E-state index is 0.0724. The monoisotopic (exact) mass is 379 g/mol. The number of anilines is 1. The molecule has 7 heteroatoms. The summed E-state index contributed by atoms with van der Waals surface area (Å²) in [6.07, 6.45) is 4.17. The van der Waals surface area contributed by atoms with Crippen molar-refractivity contribution < 1.29 is 4.42 Å². The first-order valence-electron chi connectivity index (χ1n) is 9.76. The number of H-pyrrole nitrogens is 1. The van der Waals surface area contributed by atoms with E-state index in [4.69, 9.17) is 4.42 Å². The maximum atomic E-state index is 12.7. The van der Waals surface area contributed by atoms with Crippen LogP contribution in [-0.4, -0.2) is 39.5 Å². The SMILES string of the molecule is CCN(CC)c1ccc(CN2CCc3nc(-c4cccnc4)[nH]c(=O)c3C2)o1. The molecule has 0 aromatic carbocycles. The van der Waals surface area contributed by atoms with Gasteiger partial charge in [-0.2, -0.15) is 0 Å². The highest BCUT2D eigenvalue weighted by atomic mass is 16.4. The third-order valence-corrected chi connectivity index (χ3v) is 5.18. The van der Waals surface area contributed by atoms with Crippen LogP contribution in [0.2, 0.25) is 0 Å². The molecule has 0 unspecified atom stereocenters. The minimum Gasteiger partial charge on any atom is -0.444 e. The molecule has 1 aliphatic rings. The number of aromatic nitrogens is 3. The first-order chi connectivity index (χ1) is 13.7. The summed E-state index contributed by atoms with van der Waals surface area (Å²) >= 11 is 0. The number of hydrogen-bond acceptors (Lipinski definition) is 6. The molecule has 1 N–H and O–H groups in total. The third-order valence-electron chi connectivity index (χ3n) is 5.18. The number of hydrogen-bond donors (Lipinski definition) is 1. The zero-order valence-electron chi connectivity index (χ0n) is 16.3. The van der Waals surface area contributed by atoms with Crippen molar-refractivity contribution in [2.45, 2.75) is 33.4 Å². The quantitative estimate of drug-likeness (QED) is 0.710. The van der Waals surface area contributed by atoms with Gasteiger partial charge in [-0.3, -0.25) is 14.7 Å². The minimum atomic E-state index is -0.0724. The molecule has 0 saturated carbocycles. The van der Waals surface area contributed by atoms with Gasteiger partial charge in [0.15, 0.2) is 5.88 Å². The highest BCUT2D eigenvalue weighted by Crippen LogP contribution is 2.23. The summed E-state index contributed by atoms with van der Waals surface area (Å²) in [6.45, 7) is 8.17. The van der Waals surface area contributed by atoms with Gasteiger partial charge in [0.2, 0.25) is 0 Å². The van der Waals surface area contributed by atoms with Gasteiger partial charge in [0.05, 0.1) is 17.8 Å². The first kappa shape index (κ1) is 18.4. The van der Waals surface area contributed by atoms with E-state index in [-0.39, 0.29) is 5.56 Å². The number of nitrogens with zero attached hydrogens (tertiary/aromatic N) is 4. The number of nitrogens with one attached hydrogen (secondary N) is 1. The molecule has 0 radical (unpaired) electrons. The third kappa shape index (κ3) is 3.71. The smallest absolute Gasteiger partial charge is 0.255 e. The van der Waals surface area contributed by atoms with Crippen LogP contribution in [0.25, 0.3) is 11.4 Å². The van der Waals surface area contributed by atoms with Crippen molar-refractivity contribution in [1.29, 1.82) is 0 Å². The van der Waals surface area contributed by atoms with Crippen LogP contribution in [0.3, 0.4) is 0 Å². The van der Waals surface area contributed by atoms with Crippen LogP contribution >= 0.6 is 0 Å². The van der Waals surface area contributed by atoms with Gasteiger partial charge in [-0.25, -0.2) is 4.98 Å². The molecule has 0 bridgehead atoms. The van der Waals surface area contributed by atoms with E-state index in [1.54, 1.807) is 12.4 Å². The first-order valence-corrected chi connectivity index (χ1v) is 9.76. The lowest BCUT2D eigenvalue weighted by Gasteiger charge is -2.27. The fraction of sp³-hybridized carbons (Fsp3) is 0.381. The number of rotatable bonds is 6. The van der Waals surface area contributed by atoms with Crippen LogP contribution < -0.4 is 10.5 Å². The van der Waals surface area contributed by atoms with Gasteiger partial charge < -0.3 is 14.3 Å². The second-order valence-corrected chi connectivity index (χ2v) is 6.95. The van der Waals surface area contributed by atoms with Gasteiger partial charge in [0.1, 0.15) is 11.6 Å². The highest BCUT2D eigenvalue weighted by Gasteiger charge is 2.22. The van der Waals surface area contributed by atoms with E-state index in [2.05, 4.69) is 38.6 Å². The Balaban J connectivity index is 1.50. The van der Waals surface area contributed by atoms with Gasteiger partial charge >= 0.3 is 0 Å². The molecule has 7 nitrogen and oxygen atoms in total. The molecule has 3 aromatic rings. The second kappa shape index (κ2) is 7.98. The largest absolute Gasteiger partial charge is 0.444 e. The lowest BCUT2D eigenvalue weighted by atomic mass is 10.1. The Labute approximate surface area is 164 Å². The number of furan rings is 1. The van der Waals surface area contributed by atoms with Crippen LogP contribution in [-0.2, 0) is 19.5 Å². The molecular formula is C21H25N5O2. The van der Waals surface area contributed by atoms with Crippen LogP contribution in [0.5, 0.6) is 0 Å². The Morgan fingerprint density at radius 3 is 2.86 bits per heavy atom. The molecule has 0 aliphatic carbocycles. The molecule has 4 heterocycles. The molecule has 0 fully saturated rings. The van der Waals surface area contributed by atoms with Crippen molar-refractivity contribution in [1.82, 2.24) is 19.9 Å². The summed E-state index contributed by atoms with van der Waals surface area (Å²) in [6, 6.07) is 7.79. The number of pyridine rings is 1. The van der Waals surface area contributed by atoms with Crippen molar-refractivity contribution in [2.75, 3.05) is 24.5 Å². The van der Waals surface area contributed by atoms with Crippen LogP contribution in [0.15, 0.2) is 45.9 Å². The zero-order chi connectivity index (χ0) is 19.5. The van der Waals surface area contributed by atoms with E-state index in [0.717, 1.165) is 54.5 Å². The molecule has 0 atom stereocenters. The summed E-state index contributed by atoms with van der Waals surface area (Å²) in [5.41, 5.74) is 2.37. The van der Waals surface area contributed by atoms with E-state index in [0.29, 0.717) is 18.9 Å². The maximum Gasteiger partial charge on any atom is 0.255 e. The lowest BCUT2D eigenvalue weighted by Crippen LogP contribution is -2.35. The van der Waals surface area contributed by atoms with Gasteiger partial charge in [0.25, 0.3) is 5.56 Å². The van der Waals surface area contributed by atoms with E-state index in [9.17, 15) is 4.79 Å². The van der Waals surface area contributed by atoms with E-state index >= 15 is 0 Å².